The topological polar surface area (TPSA) is 38.3 Å². The highest BCUT2D eigenvalue weighted by Gasteiger charge is 2.28. The third-order valence-corrected chi connectivity index (χ3v) is 5.60. The van der Waals surface area contributed by atoms with Crippen molar-refractivity contribution < 1.29 is 9.53 Å². The van der Waals surface area contributed by atoms with Gasteiger partial charge in [0.15, 0.2) is 0 Å². The summed E-state index contributed by atoms with van der Waals surface area (Å²) in [4.78, 5) is 11.8. The molecule has 1 aliphatic carbocycles. The van der Waals surface area contributed by atoms with Crippen LogP contribution >= 0.6 is 11.8 Å². The zero-order chi connectivity index (χ0) is 13.5. The van der Waals surface area contributed by atoms with Crippen LogP contribution in [0.4, 0.5) is 0 Å². The molecular formula is C15H27NO2S. The lowest BCUT2D eigenvalue weighted by Gasteiger charge is -2.30. The van der Waals surface area contributed by atoms with E-state index in [-0.39, 0.29) is 11.9 Å². The van der Waals surface area contributed by atoms with E-state index in [2.05, 4.69) is 17.1 Å². The monoisotopic (exact) mass is 285 g/mol. The van der Waals surface area contributed by atoms with E-state index in [1.807, 2.05) is 6.92 Å². The average Bonchev–Trinajstić information content (AvgIpc) is 2.47. The van der Waals surface area contributed by atoms with E-state index in [9.17, 15) is 4.79 Å². The molecule has 0 amide bonds. The standard InChI is InChI=1S/C15H27NO2S/c1-2-18-15(17)12-6-5-7-13(10-12)16-11-14-8-3-4-9-19-14/h12-14,16H,2-11H2,1H3. The van der Waals surface area contributed by atoms with Gasteiger partial charge in [-0.05, 0) is 44.8 Å². The zero-order valence-electron chi connectivity index (χ0n) is 12.0. The van der Waals surface area contributed by atoms with Gasteiger partial charge in [-0.3, -0.25) is 4.79 Å². The number of rotatable bonds is 5. The fraction of sp³-hybridized carbons (Fsp3) is 0.933. The van der Waals surface area contributed by atoms with Gasteiger partial charge in [0, 0.05) is 17.8 Å². The molecule has 0 aromatic carbocycles. The van der Waals surface area contributed by atoms with Crippen LogP contribution in [-0.2, 0) is 9.53 Å². The first-order valence-electron chi connectivity index (χ1n) is 7.81. The first kappa shape index (κ1) is 15.2. The molecule has 3 nitrogen and oxygen atoms in total. The maximum atomic E-state index is 11.8. The van der Waals surface area contributed by atoms with Crippen molar-refractivity contribution in [2.75, 3.05) is 18.9 Å². The van der Waals surface area contributed by atoms with Gasteiger partial charge < -0.3 is 10.1 Å². The van der Waals surface area contributed by atoms with E-state index in [1.165, 1.54) is 31.4 Å². The first-order chi connectivity index (χ1) is 9.29. The summed E-state index contributed by atoms with van der Waals surface area (Å²) in [5, 5.41) is 4.48. The lowest BCUT2D eigenvalue weighted by atomic mass is 9.85. The predicted molar refractivity (Wildman–Crippen MR) is 80.5 cm³/mol. The third-order valence-electron chi connectivity index (χ3n) is 4.20. The zero-order valence-corrected chi connectivity index (χ0v) is 12.8. The molecule has 2 rings (SSSR count). The van der Waals surface area contributed by atoms with E-state index in [0.29, 0.717) is 12.6 Å². The number of carbonyl (C=O) groups is 1. The highest BCUT2D eigenvalue weighted by atomic mass is 32.2. The SMILES string of the molecule is CCOC(=O)C1CCCC(NCC2CCCCS2)C1. The van der Waals surface area contributed by atoms with Gasteiger partial charge in [-0.1, -0.05) is 12.8 Å². The Hall–Kier alpha value is -0.220. The Kier molecular flexibility index (Phi) is 6.51. The summed E-state index contributed by atoms with van der Waals surface area (Å²) >= 11 is 2.11. The third kappa shape index (κ3) is 4.99. The van der Waals surface area contributed by atoms with Crippen LogP contribution in [0.15, 0.2) is 0 Å². The largest absolute Gasteiger partial charge is 0.466 e. The number of hydrogen-bond acceptors (Lipinski definition) is 4. The van der Waals surface area contributed by atoms with Gasteiger partial charge in [0.2, 0.25) is 0 Å². The van der Waals surface area contributed by atoms with Gasteiger partial charge in [-0.25, -0.2) is 0 Å². The molecule has 1 saturated heterocycles. The van der Waals surface area contributed by atoms with E-state index in [0.717, 1.165) is 31.1 Å². The Morgan fingerprint density at radius 1 is 1.26 bits per heavy atom. The van der Waals surface area contributed by atoms with Gasteiger partial charge >= 0.3 is 5.97 Å². The minimum absolute atomic E-state index is 0.0149. The molecule has 3 atom stereocenters. The summed E-state index contributed by atoms with van der Waals surface area (Å²) in [7, 11) is 0. The van der Waals surface area contributed by atoms with Crippen LogP contribution < -0.4 is 5.32 Å². The van der Waals surface area contributed by atoms with Crippen molar-refractivity contribution in [3.63, 3.8) is 0 Å². The Morgan fingerprint density at radius 2 is 2.16 bits per heavy atom. The number of thioether (sulfide) groups is 1. The number of esters is 1. The van der Waals surface area contributed by atoms with Crippen molar-refractivity contribution in [1.82, 2.24) is 5.32 Å². The molecule has 0 radical (unpaired) electrons. The summed E-state index contributed by atoms with van der Waals surface area (Å²) < 4.78 is 5.15. The average molecular weight is 285 g/mol. The highest BCUT2D eigenvalue weighted by molar-refractivity contribution is 7.99. The maximum absolute atomic E-state index is 11.8. The molecule has 1 aliphatic heterocycles. The lowest BCUT2D eigenvalue weighted by molar-refractivity contribution is -0.149. The Morgan fingerprint density at radius 3 is 2.89 bits per heavy atom. The molecule has 4 heteroatoms. The van der Waals surface area contributed by atoms with Crippen molar-refractivity contribution in [2.24, 2.45) is 5.92 Å². The number of hydrogen-bond donors (Lipinski definition) is 1. The molecule has 0 spiro atoms. The van der Waals surface area contributed by atoms with E-state index < -0.39 is 0 Å². The fourth-order valence-corrected chi connectivity index (χ4v) is 4.37. The van der Waals surface area contributed by atoms with Crippen molar-refractivity contribution in [3.05, 3.63) is 0 Å². The molecule has 1 N–H and O–H groups in total. The van der Waals surface area contributed by atoms with Gasteiger partial charge in [-0.15, -0.1) is 0 Å². The molecular weight excluding hydrogens is 258 g/mol. The number of ether oxygens (including phenoxy) is 1. The van der Waals surface area contributed by atoms with Gasteiger partial charge in [-0.2, -0.15) is 11.8 Å². The molecule has 0 bridgehead atoms. The summed E-state index contributed by atoms with van der Waals surface area (Å²) in [5.41, 5.74) is 0. The van der Waals surface area contributed by atoms with Crippen molar-refractivity contribution in [1.29, 1.82) is 0 Å². The van der Waals surface area contributed by atoms with Crippen LogP contribution in [0.3, 0.4) is 0 Å². The van der Waals surface area contributed by atoms with Gasteiger partial charge in [0.1, 0.15) is 0 Å². The van der Waals surface area contributed by atoms with E-state index >= 15 is 0 Å². The second kappa shape index (κ2) is 8.15. The van der Waals surface area contributed by atoms with Crippen molar-refractivity contribution in [3.8, 4) is 0 Å². The summed E-state index contributed by atoms with van der Waals surface area (Å²) in [6, 6.07) is 0.519. The van der Waals surface area contributed by atoms with Crippen LogP contribution in [0.25, 0.3) is 0 Å². The molecule has 110 valence electrons. The van der Waals surface area contributed by atoms with Crippen LogP contribution in [-0.4, -0.2) is 36.2 Å². The van der Waals surface area contributed by atoms with E-state index in [1.54, 1.807) is 0 Å². The van der Waals surface area contributed by atoms with Gasteiger partial charge in [0.05, 0.1) is 12.5 Å². The highest BCUT2D eigenvalue weighted by Crippen LogP contribution is 2.27. The molecule has 2 fully saturated rings. The van der Waals surface area contributed by atoms with Crippen molar-refractivity contribution in [2.45, 2.75) is 63.2 Å². The van der Waals surface area contributed by atoms with E-state index in [4.69, 9.17) is 4.74 Å². The summed E-state index contributed by atoms with van der Waals surface area (Å²) in [6.45, 7) is 3.51. The number of carbonyl (C=O) groups excluding carboxylic acids is 1. The van der Waals surface area contributed by atoms with Crippen LogP contribution in [0.5, 0.6) is 0 Å². The number of nitrogens with one attached hydrogen (secondary N) is 1. The first-order valence-corrected chi connectivity index (χ1v) is 8.86. The quantitative estimate of drug-likeness (QED) is 0.788. The maximum Gasteiger partial charge on any atom is 0.308 e. The smallest absolute Gasteiger partial charge is 0.308 e. The molecule has 0 aromatic heterocycles. The molecule has 1 saturated carbocycles. The van der Waals surface area contributed by atoms with Crippen LogP contribution in [0.2, 0.25) is 0 Å². The lowest BCUT2D eigenvalue weighted by Crippen LogP contribution is -2.40. The molecule has 1 heterocycles. The molecule has 19 heavy (non-hydrogen) atoms. The van der Waals surface area contributed by atoms with Crippen molar-refractivity contribution >= 4 is 17.7 Å². The minimum Gasteiger partial charge on any atom is -0.466 e. The van der Waals surface area contributed by atoms with Gasteiger partial charge in [0.25, 0.3) is 0 Å². The van der Waals surface area contributed by atoms with Crippen LogP contribution in [0, 0.1) is 5.92 Å². The Labute approximate surface area is 121 Å². The Bertz CT molecular complexity index is 279. The molecule has 2 aliphatic rings. The minimum atomic E-state index is 0.0149. The van der Waals surface area contributed by atoms with Crippen LogP contribution in [0.1, 0.15) is 51.9 Å². The predicted octanol–water partition coefficient (Wildman–Crippen LogP) is 2.98. The second-order valence-corrected chi connectivity index (χ2v) is 7.12. The Balaban J connectivity index is 1.69. The normalized spacial score (nSPS) is 31.9. The second-order valence-electron chi connectivity index (χ2n) is 5.71. The fourth-order valence-electron chi connectivity index (χ4n) is 3.12. The molecule has 3 unspecified atom stereocenters. The summed E-state index contributed by atoms with van der Waals surface area (Å²) in [5.74, 6) is 1.47. The molecule has 0 aromatic rings. The summed E-state index contributed by atoms with van der Waals surface area (Å²) in [6.07, 6.45) is 8.47.